The molecule has 1 aliphatic rings. The third-order valence-electron chi connectivity index (χ3n) is 3.43. The summed E-state index contributed by atoms with van der Waals surface area (Å²) in [5.41, 5.74) is 0.414. The first-order valence-corrected chi connectivity index (χ1v) is 6.84. The van der Waals surface area contributed by atoms with Gasteiger partial charge in [-0.1, -0.05) is 24.9 Å². The van der Waals surface area contributed by atoms with E-state index in [0.29, 0.717) is 29.6 Å². The van der Waals surface area contributed by atoms with Gasteiger partial charge >= 0.3 is 0 Å². The molecule has 0 spiro atoms. The second-order valence-electron chi connectivity index (χ2n) is 5.15. The first kappa shape index (κ1) is 13.6. The van der Waals surface area contributed by atoms with Crippen LogP contribution in [0.5, 0.6) is 0 Å². The fraction of sp³-hybridized carbons (Fsp3) is 0.692. The summed E-state index contributed by atoms with van der Waals surface area (Å²) in [6.07, 6.45) is 3.90. The maximum absolute atomic E-state index is 5.98. The van der Waals surface area contributed by atoms with Crippen molar-refractivity contribution in [2.45, 2.75) is 39.7 Å². The number of rotatable bonds is 6. The lowest BCUT2D eigenvalue weighted by molar-refractivity contribution is 0.128. The molecule has 18 heavy (non-hydrogen) atoms. The van der Waals surface area contributed by atoms with Crippen LogP contribution in [0.15, 0.2) is 6.07 Å². The highest BCUT2D eigenvalue weighted by atomic mass is 35.5. The molecule has 1 aromatic heterocycles. The highest BCUT2D eigenvalue weighted by Crippen LogP contribution is 2.40. The zero-order chi connectivity index (χ0) is 13.0. The summed E-state index contributed by atoms with van der Waals surface area (Å²) in [4.78, 5) is 8.54. The minimum atomic E-state index is 0.406. The van der Waals surface area contributed by atoms with Crippen LogP contribution in [0.1, 0.15) is 38.9 Å². The fourth-order valence-corrected chi connectivity index (χ4v) is 2.28. The molecule has 5 heteroatoms. The molecule has 0 aromatic carbocycles. The van der Waals surface area contributed by atoms with Crippen molar-refractivity contribution in [1.82, 2.24) is 9.97 Å². The third kappa shape index (κ3) is 3.56. The Morgan fingerprint density at radius 3 is 2.83 bits per heavy atom. The predicted octanol–water partition coefficient (Wildman–Crippen LogP) is 3.27. The number of nitrogens with zero attached hydrogens (tertiary/aromatic N) is 2. The zero-order valence-electron chi connectivity index (χ0n) is 11.0. The third-order valence-corrected chi connectivity index (χ3v) is 3.63. The minimum absolute atomic E-state index is 0.406. The van der Waals surface area contributed by atoms with Gasteiger partial charge in [0, 0.05) is 19.2 Å². The Balaban J connectivity index is 1.96. The van der Waals surface area contributed by atoms with Crippen molar-refractivity contribution < 1.29 is 4.74 Å². The van der Waals surface area contributed by atoms with Gasteiger partial charge in [-0.05, 0) is 25.2 Å². The van der Waals surface area contributed by atoms with Crippen molar-refractivity contribution in [3.63, 3.8) is 0 Å². The molecular weight excluding hydrogens is 250 g/mol. The highest BCUT2D eigenvalue weighted by Gasteiger charge is 2.31. The van der Waals surface area contributed by atoms with Crippen molar-refractivity contribution in [2.75, 3.05) is 18.5 Å². The van der Waals surface area contributed by atoms with Crippen molar-refractivity contribution in [3.05, 3.63) is 17.0 Å². The SMILES string of the molecule is CCOCc1nc(Cl)cc(NCC2(C)CCC2)n1. The van der Waals surface area contributed by atoms with Crippen LogP contribution in [0.4, 0.5) is 5.82 Å². The molecule has 1 heterocycles. The lowest BCUT2D eigenvalue weighted by Crippen LogP contribution is -2.33. The van der Waals surface area contributed by atoms with E-state index in [-0.39, 0.29) is 0 Å². The van der Waals surface area contributed by atoms with Crippen molar-refractivity contribution in [2.24, 2.45) is 5.41 Å². The average Bonchev–Trinajstić information content (AvgIpc) is 2.31. The van der Waals surface area contributed by atoms with Crippen LogP contribution in [0.2, 0.25) is 5.15 Å². The summed E-state index contributed by atoms with van der Waals surface area (Å²) in [5.74, 6) is 1.42. The van der Waals surface area contributed by atoms with Crippen molar-refractivity contribution in [1.29, 1.82) is 0 Å². The molecule has 0 saturated heterocycles. The zero-order valence-corrected chi connectivity index (χ0v) is 11.8. The normalized spacial score (nSPS) is 17.3. The summed E-state index contributed by atoms with van der Waals surface area (Å²) in [5, 5.41) is 3.81. The maximum atomic E-state index is 5.98. The van der Waals surface area contributed by atoms with E-state index < -0.39 is 0 Å². The van der Waals surface area contributed by atoms with Crippen LogP contribution in [0.3, 0.4) is 0 Å². The van der Waals surface area contributed by atoms with Crippen LogP contribution in [-0.2, 0) is 11.3 Å². The smallest absolute Gasteiger partial charge is 0.158 e. The van der Waals surface area contributed by atoms with E-state index in [1.54, 1.807) is 6.07 Å². The molecule has 0 radical (unpaired) electrons. The van der Waals surface area contributed by atoms with Crippen LogP contribution >= 0.6 is 11.6 Å². The molecule has 0 unspecified atom stereocenters. The maximum Gasteiger partial charge on any atom is 0.158 e. The van der Waals surface area contributed by atoms with Gasteiger partial charge in [-0.3, -0.25) is 0 Å². The van der Waals surface area contributed by atoms with E-state index >= 15 is 0 Å². The Morgan fingerprint density at radius 1 is 1.44 bits per heavy atom. The largest absolute Gasteiger partial charge is 0.374 e. The Bertz CT molecular complexity index is 407. The number of hydrogen-bond acceptors (Lipinski definition) is 4. The molecular formula is C13H20ClN3O. The molecule has 0 aliphatic heterocycles. The fourth-order valence-electron chi connectivity index (χ4n) is 2.07. The number of anilines is 1. The van der Waals surface area contributed by atoms with Gasteiger partial charge in [-0.2, -0.15) is 0 Å². The van der Waals surface area contributed by atoms with Crippen molar-refractivity contribution in [3.8, 4) is 0 Å². The summed E-state index contributed by atoms with van der Waals surface area (Å²) in [6.45, 7) is 6.24. The van der Waals surface area contributed by atoms with E-state index in [0.717, 1.165) is 12.4 Å². The summed E-state index contributed by atoms with van der Waals surface area (Å²) in [6, 6.07) is 1.76. The van der Waals surface area contributed by atoms with E-state index in [4.69, 9.17) is 16.3 Å². The Hall–Kier alpha value is -0.870. The van der Waals surface area contributed by atoms with Crippen LogP contribution < -0.4 is 5.32 Å². The van der Waals surface area contributed by atoms with Gasteiger partial charge in [0.1, 0.15) is 17.6 Å². The minimum Gasteiger partial charge on any atom is -0.374 e. The lowest BCUT2D eigenvalue weighted by atomic mass is 9.70. The topological polar surface area (TPSA) is 47.0 Å². The summed E-state index contributed by atoms with van der Waals surface area (Å²) in [7, 11) is 0. The molecule has 100 valence electrons. The van der Waals surface area contributed by atoms with E-state index in [1.165, 1.54) is 19.3 Å². The first-order chi connectivity index (χ1) is 8.61. The predicted molar refractivity (Wildman–Crippen MR) is 72.8 cm³/mol. The number of aromatic nitrogens is 2. The van der Waals surface area contributed by atoms with E-state index in [1.807, 2.05) is 6.92 Å². The van der Waals surface area contributed by atoms with Gasteiger partial charge in [0.05, 0.1) is 0 Å². The van der Waals surface area contributed by atoms with Crippen LogP contribution in [-0.4, -0.2) is 23.1 Å². The molecule has 0 bridgehead atoms. The molecule has 2 rings (SSSR count). The monoisotopic (exact) mass is 269 g/mol. The second kappa shape index (κ2) is 5.85. The quantitative estimate of drug-likeness (QED) is 0.805. The molecule has 0 amide bonds. The van der Waals surface area contributed by atoms with Gasteiger partial charge in [0.25, 0.3) is 0 Å². The molecule has 1 N–H and O–H groups in total. The average molecular weight is 270 g/mol. The van der Waals surface area contributed by atoms with Gasteiger partial charge in [-0.25, -0.2) is 9.97 Å². The molecule has 1 fully saturated rings. The number of ether oxygens (including phenoxy) is 1. The second-order valence-corrected chi connectivity index (χ2v) is 5.53. The van der Waals surface area contributed by atoms with Gasteiger partial charge in [-0.15, -0.1) is 0 Å². The number of halogens is 1. The number of hydrogen-bond donors (Lipinski definition) is 1. The Kier molecular flexibility index (Phi) is 4.40. The van der Waals surface area contributed by atoms with Crippen LogP contribution in [0.25, 0.3) is 0 Å². The lowest BCUT2D eigenvalue weighted by Gasteiger charge is -2.38. The molecule has 1 aliphatic carbocycles. The van der Waals surface area contributed by atoms with Gasteiger partial charge in [0.15, 0.2) is 5.82 Å². The first-order valence-electron chi connectivity index (χ1n) is 6.46. The van der Waals surface area contributed by atoms with Crippen molar-refractivity contribution >= 4 is 17.4 Å². The van der Waals surface area contributed by atoms with Gasteiger partial charge in [0.2, 0.25) is 0 Å². The summed E-state index contributed by atoms with van der Waals surface area (Å²) >= 11 is 5.98. The molecule has 0 atom stereocenters. The molecule has 4 nitrogen and oxygen atoms in total. The molecule has 1 saturated carbocycles. The molecule has 1 aromatic rings. The van der Waals surface area contributed by atoms with E-state index in [9.17, 15) is 0 Å². The highest BCUT2D eigenvalue weighted by molar-refractivity contribution is 6.29. The van der Waals surface area contributed by atoms with Gasteiger partial charge < -0.3 is 10.1 Å². The van der Waals surface area contributed by atoms with Crippen LogP contribution in [0, 0.1) is 5.41 Å². The standard InChI is InChI=1S/C13H20ClN3O/c1-3-18-8-12-16-10(14)7-11(17-12)15-9-13(2)5-4-6-13/h7H,3-6,8-9H2,1-2H3,(H,15,16,17). The number of nitrogens with one attached hydrogen (secondary N) is 1. The summed E-state index contributed by atoms with van der Waals surface area (Å²) < 4.78 is 5.30. The van der Waals surface area contributed by atoms with E-state index in [2.05, 4.69) is 22.2 Å². The Labute approximate surface area is 113 Å². The Morgan fingerprint density at radius 2 is 2.22 bits per heavy atom.